The van der Waals surface area contributed by atoms with Gasteiger partial charge in [0.2, 0.25) is 0 Å². The SMILES string of the molecule is CC(O)c1ccc(-n2ncc3cccnc32)cc1. The minimum Gasteiger partial charge on any atom is -0.389 e. The van der Waals surface area contributed by atoms with Gasteiger partial charge in [-0.15, -0.1) is 0 Å². The molecule has 0 spiro atoms. The Morgan fingerprint density at radius 1 is 1.17 bits per heavy atom. The second-order valence-electron chi connectivity index (χ2n) is 4.24. The van der Waals surface area contributed by atoms with Gasteiger partial charge in [0.25, 0.3) is 0 Å². The van der Waals surface area contributed by atoms with Crippen LogP contribution in [0.1, 0.15) is 18.6 Å². The van der Waals surface area contributed by atoms with E-state index in [9.17, 15) is 5.11 Å². The van der Waals surface area contributed by atoms with Crippen molar-refractivity contribution in [3.8, 4) is 5.69 Å². The Bertz CT molecular complexity index is 671. The molecule has 18 heavy (non-hydrogen) atoms. The van der Waals surface area contributed by atoms with E-state index < -0.39 is 6.10 Å². The highest BCUT2D eigenvalue weighted by Crippen LogP contribution is 2.18. The summed E-state index contributed by atoms with van der Waals surface area (Å²) in [5, 5.41) is 14.8. The third-order valence-corrected chi connectivity index (χ3v) is 2.95. The molecule has 4 nitrogen and oxygen atoms in total. The van der Waals surface area contributed by atoms with E-state index in [0.29, 0.717) is 0 Å². The van der Waals surface area contributed by atoms with Crippen molar-refractivity contribution in [2.75, 3.05) is 0 Å². The number of aromatic nitrogens is 3. The van der Waals surface area contributed by atoms with Crippen LogP contribution in [0.25, 0.3) is 16.7 Å². The van der Waals surface area contributed by atoms with Gasteiger partial charge in [0.1, 0.15) is 0 Å². The van der Waals surface area contributed by atoms with Gasteiger partial charge < -0.3 is 5.11 Å². The quantitative estimate of drug-likeness (QED) is 0.747. The molecular weight excluding hydrogens is 226 g/mol. The molecule has 4 heteroatoms. The molecule has 0 aliphatic heterocycles. The normalized spacial score (nSPS) is 12.8. The summed E-state index contributed by atoms with van der Waals surface area (Å²) in [5.41, 5.74) is 2.67. The van der Waals surface area contributed by atoms with Crippen molar-refractivity contribution in [3.63, 3.8) is 0 Å². The summed E-state index contributed by atoms with van der Waals surface area (Å²) in [5.74, 6) is 0. The van der Waals surface area contributed by atoms with Crippen LogP contribution in [0.3, 0.4) is 0 Å². The summed E-state index contributed by atoms with van der Waals surface area (Å²) < 4.78 is 1.79. The predicted octanol–water partition coefficient (Wildman–Crippen LogP) is 2.47. The Labute approximate surface area is 105 Å². The Hall–Kier alpha value is -2.20. The molecule has 2 heterocycles. The summed E-state index contributed by atoms with van der Waals surface area (Å²) in [7, 11) is 0. The molecule has 0 aliphatic carbocycles. The number of rotatable bonds is 2. The number of hydrogen-bond acceptors (Lipinski definition) is 3. The molecule has 2 aromatic heterocycles. The molecule has 0 aliphatic rings. The Balaban J connectivity index is 2.09. The molecule has 0 fully saturated rings. The van der Waals surface area contributed by atoms with E-state index in [-0.39, 0.29) is 0 Å². The van der Waals surface area contributed by atoms with E-state index in [1.807, 2.05) is 36.4 Å². The molecule has 1 N–H and O–H groups in total. The second-order valence-corrected chi connectivity index (χ2v) is 4.24. The summed E-state index contributed by atoms with van der Waals surface area (Å²) in [6, 6.07) is 11.5. The fourth-order valence-corrected chi connectivity index (χ4v) is 1.94. The van der Waals surface area contributed by atoms with Crippen LogP contribution in [-0.4, -0.2) is 19.9 Å². The van der Waals surface area contributed by atoms with Crippen LogP contribution in [0.4, 0.5) is 0 Å². The minimum absolute atomic E-state index is 0.452. The predicted molar refractivity (Wildman–Crippen MR) is 69.5 cm³/mol. The average molecular weight is 239 g/mol. The lowest BCUT2D eigenvalue weighted by atomic mass is 10.1. The molecule has 3 aromatic rings. The van der Waals surface area contributed by atoms with E-state index in [0.717, 1.165) is 22.3 Å². The highest BCUT2D eigenvalue weighted by molar-refractivity contribution is 5.75. The van der Waals surface area contributed by atoms with Gasteiger partial charge in [-0.05, 0) is 36.8 Å². The first-order chi connectivity index (χ1) is 8.75. The Morgan fingerprint density at radius 3 is 2.67 bits per heavy atom. The van der Waals surface area contributed by atoms with Gasteiger partial charge in [-0.1, -0.05) is 12.1 Å². The van der Waals surface area contributed by atoms with Crippen molar-refractivity contribution < 1.29 is 5.11 Å². The van der Waals surface area contributed by atoms with Crippen LogP contribution >= 0.6 is 0 Å². The Kier molecular flexibility index (Phi) is 2.57. The van der Waals surface area contributed by atoms with E-state index >= 15 is 0 Å². The maximum absolute atomic E-state index is 9.48. The first-order valence-electron chi connectivity index (χ1n) is 5.83. The lowest BCUT2D eigenvalue weighted by molar-refractivity contribution is 0.199. The van der Waals surface area contributed by atoms with Gasteiger partial charge in [-0.25, -0.2) is 9.67 Å². The zero-order chi connectivity index (χ0) is 12.5. The number of benzene rings is 1. The number of nitrogens with zero attached hydrogens (tertiary/aromatic N) is 3. The van der Waals surface area contributed by atoms with Crippen molar-refractivity contribution in [3.05, 3.63) is 54.4 Å². The highest BCUT2D eigenvalue weighted by Gasteiger charge is 2.06. The molecular formula is C14H13N3O. The smallest absolute Gasteiger partial charge is 0.162 e. The topological polar surface area (TPSA) is 50.9 Å². The number of fused-ring (bicyclic) bond motifs is 1. The molecule has 90 valence electrons. The molecule has 1 unspecified atom stereocenters. The summed E-state index contributed by atoms with van der Waals surface area (Å²) in [6.07, 6.45) is 3.10. The highest BCUT2D eigenvalue weighted by atomic mass is 16.3. The summed E-state index contributed by atoms with van der Waals surface area (Å²) in [4.78, 5) is 4.33. The molecule has 1 aromatic carbocycles. The van der Waals surface area contributed by atoms with Crippen LogP contribution in [0.5, 0.6) is 0 Å². The first kappa shape index (κ1) is 10.9. The largest absolute Gasteiger partial charge is 0.389 e. The number of aliphatic hydroxyl groups is 1. The zero-order valence-corrected chi connectivity index (χ0v) is 9.99. The van der Waals surface area contributed by atoms with Crippen molar-refractivity contribution >= 4 is 11.0 Å². The molecule has 1 atom stereocenters. The van der Waals surface area contributed by atoms with Crippen molar-refractivity contribution in [1.82, 2.24) is 14.8 Å². The van der Waals surface area contributed by atoms with Gasteiger partial charge in [0, 0.05) is 11.6 Å². The van der Waals surface area contributed by atoms with Gasteiger partial charge >= 0.3 is 0 Å². The van der Waals surface area contributed by atoms with Crippen LogP contribution in [0.15, 0.2) is 48.8 Å². The lowest BCUT2D eigenvalue weighted by Crippen LogP contribution is -1.98. The number of pyridine rings is 1. The van der Waals surface area contributed by atoms with Crippen LogP contribution in [0.2, 0.25) is 0 Å². The Morgan fingerprint density at radius 2 is 1.94 bits per heavy atom. The lowest BCUT2D eigenvalue weighted by Gasteiger charge is -2.06. The number of hydrogen-bond donors (Lipinski definition) is 1. The molecule has 0 saturated heterocycles. The molecule has 0 radical (unpaired) electrons. The van der Waals surface area contributed by atoms with E-state index in [4.69, 9.17) is 0 Å². The van der Waals surface area contributed by atoms with Crippen LogP contribution < -0.4 is 0 Å². The molecule has 0 saturated carbocycles. The maximum Gasteiger partial charge on any atom is 0.162 e. The van der Waals surface area contributed by atoms with Gasteiger partial charge in [0.05, 0.1) is 18.0 Å². The van der Waals surface area contributed by atoms with Gasteiger partial charge in [0.15, 0.2) is 5.65 Å². The summed E-state index contributed by atoms with van der Waals surface area (Å²) in [6.45, 7) is 1.75. The fraction of sp³-hybridized carbons (Fsp3) is 0.143. The average Bonchev–Trinajstić information content (AvgIpc) is 2.82. The molecule has 0 bridgehead atoms. The number of aliphatic hydroxyl groups excluding tert-OH is 1. The summed E-state index contributed by atoms with van der Waals surface area (Å²) >= 11 is 0. The van der Waals surface area contributed by atoms with Gasteiger partial charge in [-0.3, -0.25) is 0 Å². The zero-order valence-electron chi connectivity index (χ0n) is 9.99. The third kappa shape index (κ3) is 1.76. The fourth-order valence-electron chi connectivity index (χ4n) is 1.94. The molecule has 3 rings (SSSR count). The second kappa shape index (κ2) is 4.23. The first-order valence-corrected chi connectivity index (χ1v) is 5.83. The van der Waals surface area contributed by atoms with Crippen molar-refractivity contribution in [2.24, 2.45) is 0 Å². The minimum atomic E-state index is -0.452. The standard InChI is InChI=1S/C14H13N3O/c1-10(18)11-4-6-13(7-5-11)17-14-12(9-16-17)3-2-8-15-14/h2-10,18H,1H3. The third-order valence-electron chi connectivity index (χ3n) is 2.95. The van der Waals surface area contributed by atoms with E-state index in [2.05, 4.69) is 10.1 Å². The van der Waals surface area contributed by atoms with Crippen LogP contribution in [-0.2, 0) is 0 Å². The molecule has 0 amide bonds. The van der Waals surface area contributed by atoms with Crippen LogP contribution in [0, 0.1) is 0 Å². The van der Waals surface area contributed by atoms with Crippen molar-refractivity contribution in [1.29, 1.82) is 0 Å². The van der Waals surface area contributed by atoms with E-state index in [1.54, 1.807) is 24.0 Å². The van der Waals surface area contributed by atoms with Crippen molar-refractivity contribution in [2.45, 2.75) is 13.0 Å². The van der Waals surface area contributed by atoms with Gasteiger partial charge in [-0.2, -0.15) is 5.10 Å². The van der Waals surface area contributed by atoms with E-state index in [1.165, 1.54) is 0 Å². The monoisotopic (exact) mass is 239 g/mol. The maximum atomic E-state index is 9.48.